The highest BCUT2D eigenvalue weighted by molar-refractivity contribution is 8.00. The maximum Gasteiger partial charge on any atom is 0.235 e. The summed E-state index contributed by atoms with van der Waals surface area (Å²) in [7, 11) is 1.66. The summed E-state index contributed by atoms with van der Waals surface area (Å²) < 4.78 is 5.23. The van der Waals surface area contributed by atoms with E-state index in [4.69, 9.17) is 4.74 Å². The number of methoxy groups -OCH3 is 1. The second-order valence-electron chi connectivity index (χ2n) is 6.13. The zero-order valence-corrected chi connectivity index (χ0v) is 14.2. The lowest BCUT2D eigenvalue weighted by Crippen LogP contribution is -2.45. The number of piperidine rings is 1. The fourth-order valence-electron chi connectivity index (χ4n) is 3.03. The number of amides is 1. The summed E-state index contributed by atoms with van der Waals surface area (Å²) in [6, 6.07) is 7.89. The molecule has 0 aromatic heterocycles. The van der Waals surface area contributed by atoms with Crippen molar-refractivity contribution in [3.63, 3.8) is 0 Å². The van der Waals surface area contributed by atoms with Gasteiger partial charge >= 0.3 is 0 Å². The number of ether oxygens (including phenoxy) is 1. The van der Waals surface area contributed by atoms with Gasteiger partial charge in [0.15, 0.2) is 0 Å². The van der Waals surface area contributed by atoms with Crippen LogP contribution in [0.5, 0.6) is 5.75 Å². The molecule has 0 bridgehead atoms. The molecule has 1 heterocycles. The average molecular weight is 307 g/mol. The van der Waals surface area contributed by atoms with Crippen LogP contribution in [0, 0.1) is 11.8 Å². The molecule has 1 aliphatic heterocycles. The molecule has 3 nitrogen and oxygen atoms in total. The van der Waals surface area contributed by atoms with E-state index in [0.29, 0.717) is 11.8 Å². The topological polar surface area (TPSA) is 29.5 Å². The van der Waals surface area contributed by atoms with Crippen LogP contribution in [0.25, 0.3) is 0 Å². The highest BCUT2D eigenvalue weighted by Crippen LogP contribution is 2.29. The molecule has 4 heteroatoms. The highest BCUT2D eigenvalue weighted by Gasteiger charge is 2.28. The first-order valence-electron chi connectivity index (χ1n) is 7.59. The fourth-order valence-corrected chi connectivity index (χ4v) is 4.03. The minimum Gasteiger partial charge on any atom is -0.497 e. The molecule has 116 valence electrons. The van der Waals surface area contributed by atoms with E-state index in [0.717, 1.165) is 23.7 Å². The van der Waals surface area contributed by atoms with E-state index in [1.54, 1.807) is 18.9 Å². The summed E-state index contributed by atoms with van der Waals surface area (Å²) in [4.78, 5) is 15.7. The van der Waals surface area contributed by atoms with Crippen molar-refractivity contribution in [2.75, 3.05) is 20.2 Å². The third-order valence-electron chi connectivity index (χ3n) is 3.88. The third kappa shape index (κ3) is 4.40. The van der Waals surface area contributed by atoms with E-state index in [2.05, 4.69) is 13.8 Å². The Hall–Kier alpha value is -1.16. The molecule has 1 fully saturated rings. The molecule has 1 amide bonds. The van der Waals surface area contributed by atoms with Gasteiger partial charge in [0.05, 0.1) is 12.4 Å². The minimum atomic E-state index is -0.0605. The predicted molar refractivity (Wildman–Crippen MR) is 87.8 cm³/mol. The molecule has 0 N–H and O–H groups in total. The van der Waals surface area contributed by atoms with Crippen molar-refractivity contribution >= 4 is 17.7 Å². The Balaban J connectivity index is 1.98. The molecule has 0 aliphatic carbocycles. The fraction of sp³-hybridized carbons (Fsp3) is 0.588. The molecule has 0 radical (unpaired) electrons. The van der Waals surface area contributed by atoms with E-state index < -0.39 is 0 Å². The van der Waals surface area contributed by atoms with Crippen molar-refractivity contribution in [2.45, 2.75) is 37.3 Å². The number of carbonyl (C=O) groups is 1. The predicted octanol–water partition coefficient (Wildman–Crippen LogP) is 3.68. The Morgan fingerprint density at radius 1 is 1.33 bits per heavy atom. The molecule has 1 saturated heterocycles. The minimum absolute atomic E-state index is 0.0605. The SMILES string of the molecule is COc1cccc(SC(C)C(=O)N2CC(C)CC(C)C2)c1. The van der Waals surface area contributed by atoms with Crippen molar-refractivity contribution in [2.24, 2.45) is 11.8 Å². The molecule has 21 heavy (non-hydrogen) atoms. The second-order valence-corrected chi connectivity index (χ2v) is 7.54. The Labute approximate surface area is 132 Å². The third-order valence-corrected chi connectivity index (χ3v) is 4.96. The summed E-state index contributed by atoms with van der Waals surface area (Å²) in [5.41, 5.74) is 0. The van der Waals surface area contributed by atoms with E-state index in [9.17, 15) is 4.79 Å². The van der Waals surface area contributed by atoms with E-state index in [-0.39, 0.29) is 11.2 Å². The first kappa shape index (κ1) is 16.2. The van der Waals surface area contributed by atoms with E-state index >= 15 is 0 Å². The van der Waals surface area contributed by atoms with Crippen LogP contribution in [0.1, 0.15) is 27.2 Å². The van der Waals surface area contributed by atoms with Gasteiger partial charge in [-0.05, 0) is 43.4 Å². The van der Waals surface area contributed by atoms with Crippen LogP contribution in [0.2, 0.25) is 0 Å². The number of rotatable bonds is 4. The highest BCUT2D eigenvalue weighted by atomic mass is 32.2. The number of nitrogens with zero attached hydrogens (tertiary/aromatic N) is 1. The van der Waals surface area contributed by atoms with Crippen molar-refractivity contribution in [1.82, 2.24) is 4.90 Å². The van der Waals surface area contributed by atoms with Crippen LogP contribution in [-0.2, 0) is 4.79 Å². The monoisotopic (exact) mass is 307 g/mol. The number of carbonyl (C=O) groups excluding carboxylic acids is 1. The van der Waals surface area contributed by atoms with Crippen molar-refractivity contribution in [3.05, 3.63) is 24.3 Å². The molecule has 1 aliphatic rings. The summed E-state index contributed by atoms with van der Waals surface area (Å²) >= 11 is 1.61. The Kier molecular flexibility index (Phi) is 5.57. The maximum atomic E-state index is 12.6. The van der Waals surface area contributed by atoms with Crippen LogP contribution in [0.4, 0.5) is 0 Å². The first-order valence-corrected chi connectivity index (χ1v) is 8.47. The zero-order chi connectivity index (χ0) is 15.4. The zero-order valence-electron chi connectivity index (χ0n) is 13.3. The van der Waals surface area contributed by atoms with Crippen LogP contribution in [0.15, 0.2) is 29.2 Å². The van der Waals surface area contributed by atoms with Crippen LogP contribution >= 0.6 is 11.8 Å². The Morgan fingerprint density at radius 2 is 2.00 bits per heavy atom. The van der Waals surface area contributed by atoms with Gasteiger partial charge in [-0.25, -0.2) is 0 Å². The summed E-state index contributed by atoms with van der Waals surface area (Å²) in [6.07, 6.45) is 1.22. The van der Waals surface area contributed by atoms with Gasteiger partial charge in [0, 0.05) is 18.0 Å². The standard InChI is InChI=1S/C17H25NO2S/c1-12-8-13(2)11-18(10-12)17(19)14(3)21-16-7-5-6-15(9-16)20-4/h5-7,9,12-14H,8,10-11H2,1-4H3. The molecule has 1 aromatic carbocycles. The number of hydrogen-bond acceptors (Lipinski definition) is 3. The van der Waals surface area contributed by atoms with Gasteiger partial charge in [-0.15, -0.1) is 11.8 Å². The lowest BCUT2D eigenvalue weighted by atomic mass is 9.92. The smallest absolute Gasteiger partial charge is 0.235 e. The molecule has 1 aromatic rings. The average Bonchev–Trinajstić information content (AvgIpc) is 2.45. The van der Waals surface area contributed by atoms with Gasteiger partial charge in [0.25, 0.3) is 0 Å². The van der Waals surface area contributed by atoms with Gasteiger partial charge in [-0.2, -0.15) is 0 Å². The molecule has 0 saturated carbocycles. The van der Waals surface area contributed by atoms with E-state index in [1.165, 1.54) is 6.42 Å². The summed E-state index contributed by atoms with van der Waals surface area (Å²) in [5.74, 6) is 2.29. The number of benzene rings is 1. The first-order chi connectivity index (χ1) is 9.99. The quantitative estimate of drug-likeness (QED) is 0.795. The summed E-state index contributed by atoms with van der Waals surface area (Å²) in [6.45, 7) is 8.25. The van der Waals surface area contributed by atoms with Gasteiger partial charge in [0.2, 0.25) is 5.91 Å². The van der Waals surface area contributed by atoms with Crippen LogP contribution < -0.4 is 4.74 Å². The lowest BCUT2D eigenvalue weighted by Gasteiger charge is -2.36. The van der Waals surface area contributed by atoms with Crippen molar-refractivity contribution in [3.8, 4) is 5.75 Å². The maximum absolute atomic E-state index is 12.6. The summed E-state index contributed by atoms with van der Waals surface area (Å²) in [5, 5.41) is -0.0605. The van der Waals surface area contributed by atoms with Gasteiger partial charge in [-0.1, -0.05) is 19.9 Å². The number of likely N-dealkylation sites (tertiary alicyclic amines) is 1. The largest absolute Gasteiger partial charge is 0.497 e. The molecule has 3 unspecified atom stereocenters. The molecular formula is C17H25NO2S. The second kappa shape index (κ2) is 7.21. The normalized spacial score (nSPS) is 23.7. The van der Waals surface area contributed by atoms with Crippen molar-refractivity contribution < 1.29 is 9.53 Å². The van der Waals surface area contributed by atoms with E-state index in [1.807, 2.05) is 36.1 Å². The molecule has 3 atom stereocenters. The Morgan fingerprint density at radius 3 is 2.62 bits per heavy atom. The lowest BCUT2D eigenvalue weighted by molar-refractivity contribution is -0.132. The number of hydrogen-bond donors (Lipinski definition) is 0. The molecule has 2 rings (SSSR count). The van der Waals surface area contributed by atoms with Gasteiger partial charge in [-0.3, -0.25) is 4.79 Å². The van der Waals surface area contributed by atoms with Gasteiger partial charge < -0.3 is 9.64 Å². The number of thioether (sulfide) groups is 1. The van der Waals surface area contributed by atoms with Crippen LogP contribution in [0.3, 0.4) is 0 Å². The van der Waals surface area contributed by atoms with Crippen molar-refractivity contribution in [1.29, 1.82) is 0 Å². The van der Waals surface area contributed by atoms with Gasteiger partial charge in [0.1, 0.15) is 5.75 Å². The molecular weight excluding hydrogens is 282 g/mol. The Bertz CT molecular complexity index is 481. The molecule has 0 spiro atoms. The van der Waals surface area contributed by atoms with Crippen LogP contribution in [-0.4, -0.2) is 36.3 Å².